The van der Waals surface area contributed by atoms with E-state index in [1.807, 2.05) is 0 Å². The minimum Gasteiger partial charge on any atom is -0.508 e. The summed E-state index contributed by atoms with van der Waals surface area (Å²) in [6.45, 7) is 0. The van der Waals surface area contributed by atoms with E-state index in [2.05, 4.69) is 25.9 Å². The summed E-state index contributed by atoms with van der Waals surface area (Å²) < 4.78 is 25.2. The largest absolute Gasteiger partial charge is 0.508 e. The molecule has 0 heterocycles. The first-order chi connectivity index (χ1) is 12.9. The third-order valence-corrected chi connectivity index (χ3v) is 5.51. The van der Waals surface area contributed by atoms with Gasteiger partial charge in [0, 0.05) is 11.1 Å². The van der Waals surface area contributed by atoms with Crippen LogP contribution in [0, 0.1) is 0 Å². The zero-order chi connectivity index (χ0) is 19.4. The number of halogens is 1. The summed E-state index contributed by atoms with van der Waals surface area (Å²) in [5.74, 6) is -0.279. The molecule has 27 heavy (non-hydrogen) atoms. The molecule has 0 radical (unpaired) electrons. The van der Waals surface area contributed by atoms with Crippen LogP contribution in [0.1, 0.15) is 11.1 Å². The van der Waals surface area contributed by atoms with E-state index in [1.54, 1.807) is 48.5 Å². The van der Waals surface area contributed by atoms with Crippen molar-refractivity contribution in [3.8, 4) is 11.5 Å². The molecule has 0 fully saturated rings. The van der Waals surface area contributed by atoms with Crippen LogP contribution >= 0.6 is 15.9 Å². The fraction of sp³-hybridized carbons (Fsp3) is 0. The summed E-state index contributed by atoms with van der Waals surface area (Å²) in [5, 5.41) is 24.3. The number of hydrazone groups is 1. The molecular weight excluding hydrogens is 432 g/mol. The van der Waals surface area contributed by atoms with Crippen molar-refractivity contribution in [3.63, 3.8) is 0 Å². The molecule has 8 heteroatoms. The first kappa shape index (κ1) is 18.9. The summed E-state index contributed by atoms with van der Waals surface area (Å²) in [5.41, 5.74) is 0.883. The third-order valence-electron chi connectivity index (χ3n) is 3.68. The lowest BCUT2D eigenvalue weighted by atomic mass is 10.0. The molecule has 0 saturated carbocycles. The van der Waals surface area contributed by atoms with Crippen LogP contribution in [0.15, 0.2) is 87.3 Å². The molecule has 0 amide bonds. The molecule has 0 bridgehead atoms. The fourth-order valence-corrected chi connectivity index (χ4v) is 3.68. The molecule has 138 valence electrons. The van der Waals surface area contributed by atoms with E-state index in [1.165, 1.54) is 24.3 Å². The summed E-state index contributed by atoms with van der Waals surface area (Å²) in [6, 6.07) is 19.2. The van der Waals surface area contributed by atoms with Gasteiger partial charge in [0.25, 0.3) is 10.0 Å². The van der Waals surface area contributed by atoms with Gasteiger partial charge in [-0.05, 0) is 40.2 Å². The average molecular weight is 447 g/mol. The highest BCUT2D eigenvalue weighted by atomic mass is 79.9. The molecule has 0 aromatic heterocycles. The molecule has 6 nitrogen and oxygen atoms in total. The Labute approximate surface area is 165 Å². The molecule has 3 aromatic rings. The zero-order valence-corrected chi connectivity index (χ0v) is 16.3. The number of hydrogen-bond donors (Lipinski definition) is 3. The van der Waals surface area contributed by atoms with Gasteiger partial charge in [-0.15, -0.1) is 0 Å². The van der Waals surface area contributed by atoms with Crippen molar-refractivity contribution in [2.75, 3.05) is 0 Å². The van der Waals surface area contributed by atoms with E-state index < -0.39 is 10.0 Å². The second kappa shape index (κ2) is 7.81. The van der Waals surface area contributed by atoms with Crippen LogP contribution < -0.4 is 4.83 Å². The van der Waals surface area contributed by atoms with Crippen LogP contribution in [0.25, 0.3) is 0 Å². The quantitative estimate of drug-likeness (QED) is 0.316. The lowest BCUT2D eigenvalue weighted by Crippen LogP contribution is -2.21. The van der Waals surface area contributed by atoms with E-state index in [9.17, 15) is 18.6 Å². The van der Waals surface area contributed by atoms with Gasteiger partial charge in [0.2, 0.25) is 0 Å². The standard InChI is InChI=1S/C19H15BrN2O4S/c20-17-12-14(23)11-16(19(17)24)18(13-7-3-1-4-8-13)21-22-27(25,26)15-9-5-2-6-10-15/h1-12,22-24H/b21-18+. The molecule has 3 N–H and O–H groups in total. The van der Waals surface area contributed by atoms with Gasteiger partial charge in [0.05, 0.1) is 9.37 Å². The van der Waals surface area contributed by atoms with Crippen LogP contribution in [-0.2, 0) is 10.0 Å². The molecule has 0 aliphatic carbocycles. The molecule has 0 atom stereocenters. The topological polar surface area (TPSA) is 99.0 Å². The van der Waals surface area contributed by atoms with Gasteiger partial charge < -0.3 is 10.2 Å². The summed E-state index contributed by atoms with van der Waals surface area (Å²) >= 11 is 3.16. The van der Waals surface area contributed by atoms with Crippen molar-refractivity contribution in [1.29, 1.82) is 0 Å². The summed E-state index contributed by atoms with van der Waals surface area (Å²) in [7, 11) is -3.90. The lowest BCUT2D eigenvalue weighted by molar-refractivity contribution is 0.456. The Morgan fingerprint density at radius 1 is 0.926 bits per heavy atom. The van der Waals surface area contributed by atoms with E-state index in [0.29, 0.717) is 5.56 Å². The number of phenolic OH excluding ortho intramolecular Hbond substituents is 2. The summed E-state index contributed by atoms with van der Waals surface area (Å²) in [6.07, 6.45) is 0. The van der Waals surface area contributed by atoms with Crippen LogP contribution in [0.4, 0.5) is 0 Å². The fourth-order valence-electron chi connectivity index (χ4n) is 2.40. The number of nitrogens with zero attached hydrogens (tertiary/aromatic N) is 1. The highest BCUT2D eigenvalue weighted by Crippen LogP contribution is 2.33. The van der Waals surface area contributed by atoms with Gasteiger partial charge >= 0.3 is 0 Å². The minimum absolute atomic E-state index is 0.0578. The van der Waals surface area contributed by atoms with Crippen LogP contribution in [-0.4, -0.2) is 24.3 Å². The maximum atomic E-state index is 12.5. The van der Waals surface area contributed by atoms with Gasteiger partial charge in [0.1, 0.15) is 17.2 Å². The number of rotatable bonds is 5. The average Bonchev–Trinajstić information content (AvgIpc) is 2.67. The normalized spacial score (nSPS) is 12.0. The molecule has 3 aromatic carbocycles. The smallest absolute Gasteiger partial charge is 0.276 e. The van der Waals surface area contributed by atoms with Crippen molar-refractivity contribution >= 4 is 31.7 Å². The predicted octanol–water partition coefficient (Wildman–Crippen LogP) is 3.59. The van der Waals surface area contributed by atoms with Crippen molar-refractivity contribution in [2.45, 2.75) is 4.90 Å². The second-order valence-electron chi connectivity index (χ2n) is 5.56. The van der Waals surface area contributed by atoms with Gasteiger partial charge in [-0.25, -0.2) is 0 Å². The molecule has 0 unspecified atom stereocenters. The maximum absolute atomic E-state index is 12.5. The predicted molar refractivity (Wildman–Crippen MR) is 106 cm³/mol. The third kappa shape index (κ3) is 4.29. The molecule has 3 rings (SSSR count). The molecule has 0 aliphatic rings. The number of sulfonamides is 1. The lowest BCUT2D eigenvalue weighted by Gasteiger charge is -2.12. The molecule has 0 aliphatic heterocycles. The second-order valence-corrected chi connectivity index (χ2v) is 8.07. The monoisotopic (exact) mass is 446 g/mol. The van der Waals surface area contributed by atoms with E-state index in [0.717, 1.165) is 0 Å². The molecule has 0 spiro atoms. The SMILES string of the molecule is O=S(=O)(N/N=C(\c1ccccc1)c1cc(O)cc(Br)c1O)c1ccccc1. The Bertz CT molecular complexity index is 1090. The zero-order valence-electron chi connectivity index (χ0n) is 13.9. The number of phenols is 2. The summed E-state index contributed by atoms with van der Waals surface area (Å²) in [4.78, 5) is 2.25. The van der Waals surface area contributed by atoms with Crippen LogP contribution in [0.5, 0.6) is 11.5 Å². The Balaban J connectivity index is 2.11. The maximum Gasteiger partial charge on any atom is 0.276 e. The van der Waals surface area contributed by atoms with Gasteiger partial charge in [-0.2, -0.15) is 18.4 Å². The Morgan fingerprint density at radius 2 is 1.52 bits per heavy atom. The Morgan fingerprint density at radius 3 is 2.15 bits per heavy atom. The van der Waals surface area contributed by atoms with E-state index >= 15 is 0 Å². The number of aromatic hydroxyl groups is 2. The molecular formula is C19H15BrN2O4S. The van der Waals surface area contributed by atoms with Crippen molar-refractivity contribution in [3.05, 3.63) is 88.4 Å². The molecule has 0 saturated heterocycles. The van der Waals surface area contributed by atoms with Crippen LogP contribution in [0.3, 0.4) is 0 Å². The van der Waals surface area contributed by atoms with Gasteiger partial charge in [0.15, 0.2) is 0 Å². The van der Waals surface area contributed by atoms with Crippen molar-refractivity contribution in [2.24, 2.45) is 5.10 Å². The minimum atomic E-state index is -3.90. The number of benzene rings is 3. The Kier molecular flexibility index (Phi) is 5.48. The Hall–Kier alpha value is -2.84. The highest BCUT2D eigenvalue weighted by Gasteiger charge is 2.18. The van der Waals surface area contributed by atoms with Crippen molar-refractivity contribution < 1.29 is 18.6 Å². The number of hydrogen-bond acceptors (Lipinski definition) is 5. The van der Waals surface area contributed by atoms with Gasteiger partial charge in [-0.1, -0.05) is 48.5 Å². The van der Waals surface area contributed by atoms with Crippen LogP contribution in [0.2, 0.25) is 0 Å². The van der Waals surface area contributed by atoms with E-state index in [4.69, 9.17) is 0 Å². The number of nitrogens with one attached hydrogen (secondary N) is 1. The van der Waals surface area contributed by atoms with Gasteiger partial charge in [-0.3, -0.25) is 0 Å². The van der Waals surface area contributed by atoms with Crippen molar-refractivity contribution in [1.82, 2.24) is 4.83 Å². The van der Waals surface area contributed by atoms with E-state index in [-0.39, 0.29) is 32.1 Å². The highest BCUT2D eigenvalue weighted by molar-refractivity contribution is 9.10. The first-order valence-corrected chi connectivity index (χ1v) is 10.1. The first-order valence-electron chi connectivity index (χ1n) is 7.80.